The van der Waals surface area contributed by atoms with Crippen molar-refractivity contribution in [3.05, 3.63) is 72.7 Å². The SMILES string of the molecule is CC.COc1ccccc1Oc1c(NS(=O)(=O)c2ccc(C)cn2)nc(-c2ccncc2)nc1OC.[HH]. The van der Waals surface area contributed by atoms with Crippen molar-refractivity contribution in [1.82, 2.24) is 19.9 Å². The van der Waals surface area contributed by atoms with Gasteiger partial charge in [0.05, 0.1) is 14.2 Å². The summed E-state index contributed by atoms with van der Waals surface area (Å²) in [7, 11) is -1.22. The Balaban J connectivity index is 0.00000157. The highest BCUT2D eigenvalue weighted by Crippen LogP contribution is 2.41. The van der Waals surface area contributed by atoms with Crippen LogP contribution in [0.2, 0.25) is 0 Å². The molecule has 190 valence electrons. The maximum Gasteiger partial charge on any atom is 0.280 e. The lowest BCUT2D eigenvalue weighted by Gasteiger charge is -2.17. The molecule has 1 aromatic carbocycles. The predicted molar refractivity (Wildman–Crippen MR) is 138 cm³/mol. The number of sulfonamides is 1. The smallest absolute Gasteiger partial charge is 0.280 e. The highest BCUT2D eigenvalue weighted by molar-refractivity contribution is 7.92. The molecule has 11 heteroatoms. The first-order valence-corrected chi connectivity index (χ1v) is 12.5. The highest BCUT2D eigenvalue weighted by Gasteiger charge is 2.25. The number of aromatic nitrogens is 4. The molecule has 0 aliphatic rings. The fourth-order valence-corrected chi connectivity index (χ4v) is 3.90. The summed E-state index contributed by atoms with van der Waals surface area (Å²) in [5.74, 6) is 0.796. The second-order valence-electron chi connectivity index (χ2n) is 7.00. The number of rotatable bonds is 8. The summed E-state index contributed by atoms with van der Waals surface area (Å²) >= 11 is 0. The molecule has 3 heterocycles. The van der Waals surface area contributed by atoms with Crippen molar-refractivity contribution in [2.45, 2.75) is 25.8 Å². The van der Waals surface area contributed by atoms with Gasteiger partial charge in [0.2, 0.25) is 5.75 Å². The number of pyridine rings is 2. The number of para-hydroxylation sites is 2. The molecule has 0 saturated heterocycles. The van der Waals surface area contributed by atoms with E-state index < -0.39 is 10.0 Å². The fourth-order valence-electron chi connectivity index (χ4n) is 2.97. The molecule has 1 N–H and O–H groups in total. The third-order valence-corrected chi connectivity index (χ3v) is 5.89. The number of benzene rings is 1. The van der Waals surface area contributed by atoms with Gasteiger partial charge in [-0.2, -0.15) is 13.4 Å². The van der Waals surface area contributed by atoms with Gasteiger partial charge in [0, 0.05) is 25.6 Å². The number of ether oxygens (including phenoxy) is 3. The van der Waals surface area contributed by atoms with E-state index in [1.165, 1.54) is 26.5 Å². The Bertz CT molecular complexity index is 1410. The van der Waals surface area contributed by atoms with Gasteiger partial charge in [-0.05, 0) is 42.8 Å². The number of nitrogens with zero attached hydrogens (tertiary/aromatic N) is 4. The lowest BCUT2D eigenvalue weighted by atomic mass is 10.2. The Morgan fingerprint density at radius 3 is 2.19 bits per heavy atom. The van der Waals surface area contributed by atoms with Crippen LogP contribution in [-0.2, 0) is 10.0 Å². The molecule has 0 bridgehead atoms. The summed E-state index contributed by atoms with van der Waals surface area (Å²) in [5.41, 5.74) is 1.42. The van der Waals surface area contributed by atoms with Gasteiger partial charge in [-0.3, -0.25) is 9.71 Å². The van der Waals surface area contributed by atoms with Crippen molar-refractivity contribution in [2.75, 3.05) is 18.9 Å². The number of anilines is 1. The molecule has 4 rings (SSSR count). The van der Waals surface area contributed by atoms with Crippen LogP contribution < -0.4 is 18.9 Å². The molecule has 0 amide bonds. The predicted octanol–water partition coefficient (Wildman–Crippen LogP) is 5.12. The summed E-state index contributed by atoms with van der Waals surface area (Å²) in [6, 6.07) is 13.3. The van der Waals surface area contributed by atoms with E-state index in [-0.39, 0.29) is 29.7 Å². The zero-order valence-corrected chi connectivity index (χ0v) is 21.4. The molecule has 10 nitrogen and oxygen atoms in total. The minimum atomic E-state index is -4.12. The third-order valence-electron chi connectivity index (χ3n) is 4.64. The molecule has 0 radical (unpaired) electrons. The number of hydrogen-bond acceptors (Lipinski definition) is 9. The van der Waals surface area contributed by atoms with E-state index in [0.717, 1.165) is 5.56 Å². The van der Waals surface area contributed by atoms with Crippen LogP contribution in [0.1, 0.15) is 20.8 Å². The Hall–Kier alpha value is -4.25. The summed E-state index contributed by atoms with van der Waals surface area (Å²) in [6.45, 7) is 5.81. The van der Waals surface area contributed by atoms with E-state index in [0.29, 0.717) is 17.1 Å². The van der Waals surface area contributed by atoms with E-state index in [1.54, 1.807) is 54.9 Å². The highest BCUT2D eigenvalue weighted by atomic mass is 32.2. The van der Waals surface area contributed by atoms with Crippen LogP contribution in [-0.4, -0.2) is 42.6 Å². The lowest BCUT2D eigenvalue weighted by molar-refractivity contribution is 0.348. The Morgan fingerprint density at radius 2 is 1.58 bits per heavy atom. The van der Waals surface area contributed by atoms with Gasteiger partial charge in [0.1, 0.15) is 0 Å². The van der Waals surface area contributed by atoms with Crippen LogP contribution in [0.3, 0.4) is 0 Å². The van der Waals surface area contributed by atoms with E-state index in [2.05, 4.69) is 24.7 Å². The Kier molecular flexibility index (Phi) is 8.74. The van der Waals surface area contributed by atoms with Gasteiger partial charge in [0.15, 0.2) is 28.2 Å². The van der Waals surface area contributed by atoms with Crippen molar-refractivity contribution in [1.29, 1.82) is 0 Å². The zero-order valence-electron chi connectivity index (χ0n) is 20.6. The van der Waals surface area contributed by atoms with E-state index in [9.17, 15) is 8.42 Å². The minimum Gasteiger partial charge on any atom is -0.493 e. The largest absolute Gasteiger partial charge is 0.493 e. The molecule has 3 aromatic heterocycles. The minimum absolute atomic E-state index is 0. The molecule has 0 saturated carbocycles. The topological polar surface area (TPSA) is 125 Å². The molecule has 0 fully saturated rings. The van der Waals surface area contributed by atoms with E-state index in [1.807, 2.05) is 20.8 Å². The Labute approximate surface area is 211 Å². The fraction of sp³-hybridized carbons (Fsp3) is 0.200. The first kappa shape index (κ1) is 26.4. The molecule has 4 aromatic rings. The van der Waals surface area contributed by atoms with Crippen molar-refractivity contribution in [3.63, 3.8) is 0 Å². The Morgan fingerprint density at radius 1 is 0.889 bits per heavy atom. The number of hydrogen-bond donors (Lipinski definition) is 1. The molecular weight excluding hydrogens is 482 g/mol. The lowest BCUT2D eigenvalue weighted by Crippen LogP contribution is -2.17. The van der Waals surface area contributed by atoms with Crippen LogP contribution in [0.15, 0.2) is 72.1 Å². The molecule has 0 atom stereocenters. The monoisotopic (exact) mass is 511 g/mol. The van der Waals surface area contributed by atoms with Gasteiger partial charge in [-0.25, -0.2) is 9.97 Å². The van der Waals surface area contributed by atoms with Gasteiger partial charge in [-0.1, -0.05) is 32.0 Å². The number of methoxy groups -OCH3 is 2. The van der Waals surface area contributed by atoms with Crippen LogP contribution in [0.25, 0.3) is 11.4 Å². The summed E-state index contributed by atoms with van der Waals surface area (Å²) in [4.78, 5) is 16.8. The third kappa shape index (κ3) is 6.05. The van der Waals surface area contributed by atoms with E-state index in [4.69, 9.17) is 14.2 Å². The standard InChI is InChI=1S/C23H21N5O5S.C2H6.H2/c1-15-8-9-19(25-14-15)34(29,30)28-22-20(33-18-7-5-4-6-17(18)31-2)23(32-3)27-21(26-22)16-10-12-24-13-11-16;1-2;/h4-14H,1-3H3,(H,26,27,28);1-2H3;1H. The number of aryl methyl sites for hydroxylation is 1. The first-order chi connectivity index (χ1) is 17.4. The maximum atomic E-state index is 13.1. The average molecular weight is 512 g/mol. The summed E-state index contributed by atoms with van der Waals surface area (Å²) in [5, 5.41) is -0.176. The van der Waals surface area contributed by atoms with Crippen LogP contribution >= 0.6 is 0 Å². The quantitative estimate of drug-likeness (QED) is 0.343. The van der Waals surface area contributed by atoms with Gasteiger partial charge in [0.25, 0.3) is 15.9 Å². The van der Waals surface area contributed by atoms with Crippen molar-refractivity contribution < 1.29 is 24.1 Å². The summed E-state index contributed by atoms with van der Waals surface area (Å²) < 4.78 is 45.5. The molecule has 0 spiro atoms. The molecule has 0 aliphatic heterocycles. The van der Waals surface area contributed by atoms with Gasteiger partial charge in [-0.15, -0.1) is 0 Å². The van der Waals surface area contributed by atoms with Crippen molar-refractivity contribution in [3.8, 4) is 34.5 Å². The first-order valence-electron chi connectivity index (χ1n) is 11.0. The van der Waals surface area contributed by atoms with Crippen LogP contribution in [0.4, 0.5) is 5.82 Å². The van der Waals surface area contributed by atoms with E-state index >= 15 is 0 Å². The van der Waals surface area contributed by atoms with Crippen LogP contribution in [0, 0.1) is 6.92 Å². The molecule has 36 heavy (non-hydrogen) atoms. The summed E-state index contributed by atoms with van der Waals surface area (Å²) in [6.07, 6.45) is 4.61. The molecular formula is C25H29N5O5S. The van der Waals surface area contributed by atoms with Crippen molar-refractivity contribution in [2.24, 2.45) is 0 Å². The molecule has 0 unspecified atom stereocenters. The molecule has 0 aliphatic carbocycles. The average Bonchev–Trinajstić information content (AvgIpc) is 2.91. The maximum absolute atomic E-state index is 13.1. The van der Waals surface area contributed by atoms with Crippen LogP contribution in [0.5, 0.6) is 23.1 Å². The normalized spacial score (nSPS) is 10.6. The number of nitrogens with one attached hydrogen (secondary N) is 1. The van der Waals surface area contributed by atoms with Gasteiger partial charge < -0.3 is 14.2 Å². The second kappa shape index (κ2) is 11.9. The van der Waals surface area contributed by atoms with Gasteiger partial charge >= 0.3 is 0 Å². The van der Waals surface area contributed by atoms with Crippen molar-refractivity contribution >= 4 is 15.8 Å². The second-order valence-corrected chi connectivity index (χ2v) is 8.63. The zero-order chi connectivity index (χ0) is 26.1.